The maximum absolute atomic E-state index is 13.2. The Kier molecular flexibility index (Phi) is 3.05. The van der Waals surface area contributed by atoms with E-state index in [4.69, 9.17) is 17.3 Å². The Balaban J connectivity index is 2.34. The Morgan fingerprint density at radius 1 is 1.27 bits per heavy atom. The fourth-order valence-electron chi connectivity index (χ4n) is 1.35. The molecule has 0 spiro atoms. The maximum atomic E-state index is 13.2. The quantitative estimate of drug-likeness (QED) is 0.855. The van der Waals surface area contributed by atoms with Gasteiger partial charge in [-0.05, 0) is 40.1 Å². The second-order valence-electron chi connectivity index (χ2n) is 3.21. The van der Waals surface area contributed by atoms with Crippen LogP contribution in [-0.4, -0.2) is 0 Å². The number of halogens is 2. The minimum absolute atomic E-state index is 0.122. The molecule has 0 saturated carbocycles. The fraction of sp³-hybridized carbons (Fsp3) is 0.0909. The summed E-state index contributed by atoms with van der Waals surface area (Å²) >= 11 is 7.17. The van der Waals surface area contributed by atoms with Gasteiger partial charge in [0.05, 0.1) is 11.1 Å². The van der Waals surface area contributed by atoms with Crippen molar-refractivity contribution in [3.63, 3.8) is 0 Å². The Labute approximate surface area is 96.3 Å². The van der Waals surface area contributed by atoms with Gasteiger partial charge < -0.3 is 5.73 Å². The van der Waals surface area contributed by atoms with E-state index in [1.165, 1.54) is 12.1 Å². The zero-order valence-corrected chi connectivity index (χ0v) is 9.36. The first-order valence-corrected chi connectivity index (χ1v) is 5.73. The van der Waals surface area contributed by atoms with E-state index in [2.05, 4.69) is 0 Å². The van der Waals surface area contributed by atoms with Crippen molar-refractivity contribution in [2.24, 2.45) is 5.73 Å². The van der Waals surface area contributed by atoms with E-state index in [1.54, 1.807) is 17.4 Å². The molecule has 0 aliphatic rings. The Morgan fingerprint density at radius 3 is 2.67 bits per heavy atom. The third-order valence-corrected chi connectivity index (χ3v) is 3.21. The topological polar surface area (TPSA) is 26.0 Å². The van der Waals surface area contributed by atoms with E-state index >= 15 is 0 Å². The van der Waals surface area contributed by atoms with Crippen LogP contribution in [0.15, 0.2) is 35.0 Å². The first-order chi connectivity index (χ1) is 7.18. The molecule has 0 aliphatic carbocycles. The van der Waals surface area contributed by atoms with Crippen molar-refractivity contribution < 1.29 is 4.39 Å². The zero-order chi connectivity index (χ0) is 10.8. The van der Waals surface area contributed by atoms with Crippen molar-refractivity contribution in [2.75, 3.05) is 0 Å². The number of hydrogen-bond donors (Lipinski definition) is 1. The second kappa shape index (κ2) is 4.31. The van der Waals surface area contributed by atoms with Crippen LogP contribution in [0.3, 0.4) is 0 Å². The molecule has 0 unspecified atom stereocenters. The van der Waals surface area contributed by atoms with Crippen molar-refractivity contribution in [1.29, 1.82) is 0 Å². The van der Waals surface area contributed by atoms with Gasteiger partial charge in [-0.15, -0.1) is 0 Å². The summed E-state index contributed by atoms with van der Waals surface area (Å²) in [6.07, 6.45) is 0. The predicted octanol–water partition coefficient (Wildman–Crippen LogP) is 3.59. The van der Waals surface area contributed by atoms with Crippen LogP contribution in [0.4, 0.5) is 4.39 Å². The number of thiophene rings is 1. The van der Waals surface area contributed by atoms with E-state index in [-0.39, 0.29) is 11.1 Å². The Bertz CT molecular complexity index is 456. The first-order valence-electron chi connectivity index (χ1n) is 4.41. The average Bonchev–Trinajstić information content (AvgIpc) is 2.74. The van der Waals surface area contributed by atoms with Crippen LogP contribution < -0.4 is 5.73 Å². The average molecular weight is 242 g/mol. The first kappa shape index (κ1) is 10.6. The van der Waals surface area contributed by atoms with Gasteiger partial charge in [-0.25, -0.2) is 4.39 Å². The number of rotatable bonds is 2. The van der Waals surface area contributed by atoms with Crippen molar-refractivity contribution >= 4 is 22.9 Å². The lowest BCUT2D eigenvalue weighted by molar-refractivity contribution is 0.624. The molecule has 0 radical (unpaired) electrons. The standard InChI is InChI=1S/C11H9ClFNS/c12-9-2-1-7(5-10(9)13)11(14)8-3-4-15-6-8/h1-6,11H,14H2/t11-/m0/s1. The molecule has 1 heterocycles. The SMILES string of the molecule is N[C@H](c1ccsc1)c1ccc(Cl)c(F)c1. The van der Waals surface area contributed by atoms with Crippen LogP contribution in [0.2, 0.25) is 5.02 Å². The molecule has 1 nitrogen and oxygen atoms in total. The summed E-state index contributed by atoms with van der Waals surface area (Å²) in [4.78, 5) is 0. The molecule has 0 amide bonds. The highest BCUT2D eigenvalue weighted by molar-refractivity contribution is 7.08. The van der Waals surface area contributed by atoms with E-state index in [1.807, 2.05) is 16.8 Å². The third-order valence-electron chi connectivity index (χ3n) is 2.21. The molecule has 0 aliphatic heterocycles. The molecule has 1 atom stereocenters. The number of hydrogen-bond acceptors (Lipinski definition) is 2. The highest BCUT2D eigenvalue weighted by Crippen LogP contribution is 2.24. The van der Waals surface area contributed by atoms with Crippen molar-refractivity contribution in [2.45, 2.75) is 6.04 Å². The summed E-state index contributed by atoms with van der Waals surface area (Å²) in [7, 11) is 0. The molecule has 15 heavy (non-hydrogen) atoms. The predicted molar refractivity (Wildman–Crippen MR) is 61.8 cm³/mol. The van der Waals surface area contributed by atoms with Gasteiger partial charge in [0.2, 0.25) is 0 Å². The van der Waals surface area contributed by atoms with E-state index < -0.39 is 5.82 Å². The zero-order valence-electron chi connectivity index (χ0n) is 7.78. The van der Waals surface area contributed by atoms with Crippen molar-refractivity contribution in [3.05, 3.63) is 57.0 Å². The molecule has 0 fully saturated rings. The summed E-state index contributed by atoms with van der Waals surface area (Å²) in [5.41, 5.74) is 7.70. The third kappa shape index (κ3) is 2.20. The van der Waals surface area contributed by atoms with Crippen LogP contribution in [-0.2, 0) is 0 Å². The van der Waals surface area contributed by atoms with Gasteiger partial charge in [-0.1, -0.05) is 17.7 Å². The maximum Gasteiger partial charge on any atom is 0.142 e. The van der Waals surface area contributed by atoms with Gasteiger partial charge in [0.25, 0.3) is 0 Å². The van der Waals surface area contributed by atoms with E-state index in [9.17, 15) is 4.39 Å². The molecule has 0 bridgehead atoms. The van der Waals surface area contributed by atoms with Gasteiger partial charge in [0.15, 0.2) is 0 Å². The largest absolute Gasteiger partial charge is 0.320 e. The molecular formula is C11H9ClFNS. The molecular weight excluding hydrogens is 233 g/mol. The van der Waals surface area contributed by atoms with Crippen LogP contribution in [0.1, 0.15) is 17.2 Å². The van der Waals surface area contributed by atoms with Crippen molar-refractivity contribution in [3.8, 4) is 0 Å². The minimum Gasteiger partial charge on any atom is -0.320 e. The summed E-state index contributed by atoms with van der Waals surface area (Å²) in [5, 5.41) is 4.02. The molecule has 2 aromatic rings. The Morgan fingerprint density at radius 2 is 2.07 bits per heavy atom. The lowest BCUT2D eigenvalue weighted by Gasteiger charge is -2.10. The van der Waals surface area contributed by atoms with E-state index in [0.29, 0.717) is 0 Å². The van der Waals surface area contributed by atoms with Crippen molar-refractivity contribution in [1.82, 2.24) is 0 Å². The molecule has 4 heteroatoms. The van der Waals surface area contributed by atoms with Gasteiger partial charge in [-0.3, -0.25) is 0 Å². The van der Waals surface area contributed by atoms with E-state index in [0.717, 1.165) is 11.1 Å². The summed E-state index contributed by atoms with van der Waals surface area (Å²) in [5.74, 6) is -0.431. The Hall–Kier alpha value is -0.900. The van der Waals surface area contributed by atoms with Crippen LogP contribution in [0.5, 0.6) is 0 Å². The highest BCUT2D eigenvalue weighted by atomic mass is 35.5. The lowest BCUT2D eigenvalue weighted by Crippen LogP contribution is -2.10. The molecule has 78 valence electrons. The molecule has 2 N–H and O–H groups in total. The molecule has 1 aromatic heterocycles. The monoisotopic (exact) mass is 241 g/mol. The second-order valence-corrected chi connectivity index (χ2v) is 4.40. The number of benzene rings is 1. The molecule has 0 saturated heterocycles. The molecule has 1 aromatic carbocycles. The fourth-order valence-corrected chi connectivity index (χ4v) is 2.16. The smallest absolute Gasteiger partial charge is 0.142 e. The molecule has 2 rings (SSSR count). The van der Waals surface area contributed by atoms with Gasteiger partial charge >= 0.3 is 0 Å². The lowest BCUT2D eigenvalue weighted by atomic mass is 10.0. The van der Waals surface area contributed by atoms with Crippen LogP contribution in [0, 0.1) is 5.82 Å². The van der Waals surface area contributed by atoms with Gasteiger partial charge in [-0.2, -0.15) is 11.3 Å². The van der Waals surface area contributed by atoms with Gasteiger partial charge in [0, 0.05) is 0 Å². The minimum atomic E-state index is -0.431. The van der Waals surface area contributed by atoms with Crippen LogP contribution in [0.25, 0.3) is 0 Å². The van der Waals surface area contributed by atoms with Crippen LogP contribution >= 0.6 is 22.9 Å². The van der Waals surface area contributed by atoms with Gasteiger partial charge in [0.1, 0.15) is 5.82 Å². The highest BCUT2D eigenvalue weighted by Gasteiger charge is 2.11. The summed E-state index contributed by atoms with van der Waals surface area (Å²) in [6.45, 7) is 0. The number of nitrogens with two attached hydrogens (primary N) is 1. The normalized spacial score (nSPS) is 12.7. The summed E-state index contributed by atoms with van der Waals surface area (Å²) < 4.78 is 13.2. The summed E-state index contributed by atoms with van der Waals surface area (Å²) in [6, 6.07) is 6.29.